The second-order valence-corrected chi connectivity index (χ2v) is 8.10. The average molecular weight is 428 g/mol. The van der Waals surface area contributed by atoms with Crippen molar-refractivity contribution >= 4 is 22.1 Å². The fourth-order valence-electron chi connectivity index (χ4n) is 4.18. The molecule has 8 nitrogen and oxygen atoms in total. The van der Waals surface area contributed by atoms with Gasteiger partial charge in [-0.05, 0) is 35.7 Å². The van der Waals surface area contributed by atoms with E-state index in [1.807, 2.05) is 18.2 Å². The number of fused-ring (bicyclic) bond motifs is 2. The number of nitrogens with zero attached hydrogens (tertiary/aromatic N) is 5. The van der Waals surface area contributed by atoms with Crippen molar-refractivity contribution < 1.29 is 5.11 Å². The zero-order valence-corrected chi connectivity index (χ0v) is 17.6. The van der Waals surface area contributed by atoms with Crippen molar-refractivity contribution in [1.29, 1.82) is 0 Å². The molecule has 0 amide bonds. The molecule has 0 saturated carbocycles. The second kappa shape index (κ2) is 8.86. The number of hydrogen-bond donors (Lipinski definition) is 2. The number of anilines is 2. The van der Waals surface area contributed by atoms with Gasteiger partial charge in [0.25, 0.3) is 5.56 Å². The summed E-state index contributed by atoms with van der Waals surface area (Å²) in [6, 6.07) is 15.8. The van der Waals surface area contributed by atoms with Crippen molar-refractivity contribution in [2.24, 2.45) is 0 Å². The number of hydrogen-bond acceptors (Lipinski definition) is 7. The summed E-state index contributed by atoms with van der Waals surface area (Å²) in [5.74, 6) is 0. The highest BCUT2D eigenvalue weighted by molar-refractivity contribution is 5.85. The summed E-state index contributed by atoms with van der Waals surface area (Å²) in [7, 11) is 0. The first-order valence-corrected chi connectivity index (χ1v) is 10.7. The number of aromatic nitrogens is 4. The monoisotopic (exact) mass is 428 g/mol. The molecule has 0 radical (unpaired) electrons. The summed E-state index contributed by atoms with van der Waals surface area (Å²) in [4.78, 5) is 15.3. The van der Waals surface area contributed by atoms with Crippen molar-refractivity contribution in [3.63, 3.8) is 0 Å². The largest absolute Gasteiger partial charge is 0.390 e. The van der Waals surface area contributed by atoms with Gasteiger partial charge in [0, 0.05) is 30.7 Å². The molecular formula is C24H24N6O2. The highest BCUT2D eigenvalue weighted by Gasteiger charge is 2.19. The smallest absolute Gasteiger partial charge is 0.274 e. The first-order valence-electron chi connectivity index (χ1n) is 10.7. The van der Waals surface area contributed by atoms with Gasteiger partial charge in [0.15, 0.2) is 0 Å². The lowest BCUT2D eigenvalue weighted by molar-refractivity contribution is 0.0878. The number of β-amino-alcohol motifs (C(OH)–C–C–N with tert-alkyl or cyclic N) is 1. The molecule has 2 aromatic heterocycles. The molecule has 5 rings (SSSR count). The Bertz CT molecular complexity index is 1290. The lowest BCUT2D eigenvalue weighted by atomic mass is 10.00. The van der Waals surface area contributed by atoms with Crippen LogP contribution >= 0.6 is 0 Å². The Balaban J connectivity index is 1.30. The van der Waals surface area contributed by atoms with Gasteiger partial charge < -0.3 is 10.4 Å². The molecule has 3 heterocycles. The zero-order chi connectivity index (χ0) is 21.9. The molecule has 0 saturated heterocycles. The average Bonchev–Trinajstić information content (AvgIpc) is 2.82. The van der Waals surface area contributed by atoms with Crippen molar-refractivity contribution in [2.45, 2.75) is 25.6 Å². The number of benzene rings is 2. The standard InChI is InChI=1S/C24H24N6O2/c31-22(15-29-10-8-17-3-1-2-4-19(17)14-29)16-30-24(32)23-11-20(6-5-18(23)12-27-30)28-21-7-9-25-26-13-21/h1-7,9,11-13,22,31H,8,10,14-16H2,(H,25,28). The molecule has 162 valence electrons. The fourth-order valence-corrected chi connectivity index (χ4v) is 4.18. The molecular weight excluding hydrogens is 404 g/mol. The Morgan fingerprint density at radius 1 is 1.00 bits per heavy atom. The SMILES string of the molecule is O=c1c2cc(Nc3ccnnc3)ccc2cnn1CC(O)CN1CCc2ccccc2C1. The lowest BCUT2D eigenvalue weighted by Gasteiger charge is -2.30. The summed E-state index contributed by atoms with van der Waals surface area (Å²) in [6.07, 6.45) is 5.16. The van der Waals surface area contributed by atoms with E-state index in [4.69, 9.17) is 0 Å². The molecule has 0 fully saturated rings. The first kappa shape index (κ1) is 20.3. The van der Waals surface area contributed by atoms with Gasteiger partial charge in [-0.3, -0.25) is 9.69 Å². The Morgan fingerprint density at radius 3 is 2.72 bits per heavy atom. The van der Waals surface area contributed by atoms with Crippen molar-refractivity contribution in [1.82, 2.24) is 24.9 Å². The summed E-state index contributed by atoms with van der Waals surface area (Å²) >= 11 is 0. The molecule has 0 bridgehead atoms. The highest BCUT2D eigenvalue weighted by atomic mass is 16.3. The van der Waals surface area contributed by atoms with Crippen molar-refractivity contribution in [3.05, 3.63) is 88.6 Å². The third-order valence-electron chi connectivity index (χ3n) is 5.79. The van der Waals surface area contributed by atoms with Gasteiger partial charge in [-0.15, -0.1) is 0 Å². The summed E-state index contributed by atoms with van der Waals surface area (Å²) in [6.45, 7) is 2.36. The Morgan fingerprint density at radius 2 is 1.88 bits per heavy atom. The molecule has 4 aromatic rings. The van der Waals surface area contributed by atoms with E-state index in [1.54, 1.807) is 30.7 Å². The minimum Gasteiger partial charge on any atom is -0.390 e. The predicted octanol–water partition coefficient (Wildman–Crippen LogP) is 2.35. The molecule has 32 heavy (non-hydrogen) atoms. The molecule has 1 atom stereocenters. The van der Waals surface area contributed by atoms with Gasteiger partial charge in [-0.25, -0.2) is 4.68 Å². The normalized spacial score (nSPS) is 14.8. The number of aliphatic hydroxyl groups is 1. The summed E-state index contributed by atoms with van der Waals surface area (Å²) < 4.78 is 1.35. The topological polar surface area (TPSA) is 96.2 Å². The van der Waals surface area contributed by atoms with E-state index in [9.17, 15) is 9.90 Å². The van der Waals surface area contributed by atoms with E-state index in [0.29, 0.717) is 11.9 Å². The molecule has 1 aliphatic rings. The number of rotatable bonds is 6. The molecule has 1 unspecified atom stereocenters. The van der Waals surface area contributed by atoms with E-state index in [2.05, 4.69) is 43.7 Å². The van der Waals surface area contributed by atoms with E-state index in [0.717, 1.165) is 36.3 Å². The maximum absolute atomic E-state index is 13.1. The molecule has 2 N–H and O–H groups in total. The number of aliphatic hydroxyl groups excluding tert-OH is 1. The third-order valence-corrected chi connectivity index (χ3v) is 5.79. The van der Waals surface area contributed by atoms with Crippen LogP contribution in [0.3, 0.4) is 0 Å². The Labute approximate surface area is 185 Å². The van der Waals surface area contributed by atoms with E-state index in [-0.39, 0.29) is 12.1 Å². The van der Waals surface area contributed by atoms with Gasteiger partial charge in [0.1, 0.15) is 0 Å². The van der Waals surface area contributed by atoms with E-state index >= 15 is 0 Å². The molecule has 1 aliphatic heterocycles. The summed E-state index contributed by atoms with van der Waals surface area (Å²) in [5.41, 5.74) is 4.01. The second-order valence-electron chi connectivity index (χ2n) is 8.10. The van der Waals surface area contributed by atoms with Gasteiger partial charge in [-0.1, -0.05) is 30.3 Å². The molecule has 2 aromatic carbocycles. The van der Waals surface area contributed by atoms with Gasteiger partial charge in [0.05, 0.1) is 42.3 Å². The van der Waals surface area contributed by atoms with Crippen LogP contribution in [0.2, 0.25) is 0 Å². The van der Waals surface area contributed by atoms with Crippen LogP contribution in [0.15, 0.2) is 71.9 Å². The Hall–Kier alpha value is -3.62. The maximum Gasteiger partial charge on any atom is 0.274 e. The highest BCUT2D eigenvalue weighted by Crippen LogP contribution is 2.20. The van der Waals surface area contributed by atoms with Gasteiger partial charge in [-0.2, -0.15) is 15.3 Å². The fraction of sp³-hybridized carbons (Fsp3) is 0.250. The number of nitrogens with one attached hydrogen (secondary N) is 1. The van der Waals surface area contributed by atoms with Crippen LogP contribution in [0.25, 0.3) is 10.8 Å². The van der Waals surface area contributed by atoms with Crippen LogP contribution < -0.4 is 10.9 Å². The third kappa shape index (κ3) is 4.37. The van der Waals surface area contributed by atoms with E-state index in [1.165, 1.54) is 15.8 Å². The van der Waals surface area contributed by atoms with E-state index < -0.39 is 6.10 Å². The van der Waals surface area contributed by atoms with Crippen molar-refractivity contribution in [2.75, 3.05) is 18.4 Å². The quantitative estimate of drug-likeness (QED) is 0.487. The molecule has 0 spiro atoms. The lowest BCUT2D eigenvalue weighted by Crippen LogP contribution is -2.40. The van der Waals surface area contributed by atoms with Crippen LogP contribution in [0.5, 0.6) is 0 Å². The predicted molar refractivity (Wildman–Crippen MR) is 123 cm³/mol. The maximum atomic E-state index is 13.1. The van der Waals surface area contributed by atoms with Crippen LogP contribution in [0.1, 0.15) is 11.1 Å². The van der Waals surface area contributed by atoms with Crippen LogP contribution in [-0.4, -0.2) is 49.2 Å². The van der Waals surface area contributed by atoms with Gasteiger partial charge in [0.2, 0.25) is 0 Å². The first-order chi connectivity index (χ1) is 15.7. The minimum atomic E-state index is -0.688. The molecule has 0 aliphatic carbocycles. The van der Waals surface area contributed by atoms with Gasteiger partial charge >= 0.3 is 0 Å². The van der Waals surface area contributed by atoms with Crippen LogP contribution in [0, 0.1) is 0 Å². The Kier molecular flexibility index (Phi) is 5.62. The van der Waals surface area contributed by atoms with Crippen molar-refractivity contribution in [3.8, 4) is 0 Å². The summed E-state index contributed by atoms with van der Waals surface area (Å²) in [5, 5.41) is 27.1. The zero-order valence-electron chi connectivity index (χ0n) is 17.6. The molecule has 8 heteroatoms. The van der Waals surface area contributed by atoms with Crippen LogP contribution in [-0.2, 0) is 19.5 Å². The van der Waals surface area contributed by atoms with Crippen LogP contribution in [0.4, 0.5) is 11.4 Å². The minimum absolute atomic E-state index is 0.152.